The van der Waals surface area contributed by atoms with E-state index < -0.39 is 58.4 Å². The van der Waals surface area contributed by atoms with Crippen LogP contribution >= 0.6 is 0 Å². The molecule has 0 radical (unpaired) electrons. The molecule has 0 aromatic heterocycles. The molecule has 0 aliphatic heterocycles. The van der Waals surface area contributed by atoms with Crippen LogP contribution < -0.4 is 0 Å². The number of hydrogen-bond donors (Lipinski definition) is 0. The summed E-state index contributed by atoms with van der Waals surface area (Å²) in [6.07, 6.45) is 0. The van der Waals surface area contributed by atoms with Crippen molar-refractivity contribution in [3.8, 4) is 0 Å². The van der Waals surface area contributed by atoms with Crippen molar-refractivity contribution in [1.29, 1.82) is 0 Å². The normalized spacial score (nSPS) is 10.5. The van der Waals surface area contributed by atoms with Crippen molar-refractivity contribution >= 4 is 41.0 Å². The van der Waals surface area contributed by atoms with Crippen molar-refractivity contribution in [3.05, 3.63) is 107 Å². The van der Waals surface area contributed by atoms with Gasteiger partial charge in [0.15, 0.2) is 0 Å². The molecule has 0 saturated carbocycles. The molecule has 0 fully saturated rings. The van der Waals surface area contributed by atoms with Crippen LogP contribution in [0.4, 0.5) is 13.2 Å². The fraction of sp³-hybridized carbons (Fsp3) is 0. The molecule has 0 aliphatic rings. The Morgan fingerprint density at radius 2 is 0.710 bits per heavy atom. The molecule has 0 bridgehead atoms. The first-order valence-electron chi connectivity index (χ1n) is 8.55. The average molecular weight is 626 g/mol. The van der Waals surface area contributed by atoms with Gasteiger partial charge in [-0.25, -0.2) is 0 Å². The first-order chi connectivity index (χ1) is 14.8. The van der Waals surface area contributed by atoms with Crippen molar-refractivity contribution in [2.45, 2.75) is 0 Å². The molecular formula is C21H12BiF3O6. The van der Waals surface area contributed by atoms with Crippen LogP contribution in [0.5, 0.6) is 0 Å². The van der Waals surface area contributed by atoms with E-state index in [0.29, 0.717) is 0 Å². The zero-order valence-electron chi connectivity index (χ0n) is 15.5. The van der Waals surface area contributed by atoms with Crippen LogP contribution in [0.2, 0.25) is 0 Å². The third-order valence-electron chi connectivity index (χ3n) is 3.71. The number of benzene rings is 3. The van der Waals surface area contributed by atoms with E-state index in [-0.39, 0.29) is 16.7 Å². The second-order valence-electron chi connectivity index (χ2n) is 5.88. The predicted molar refractivity (Wildman–Crippen MR) is 101 cm³/mol. The summed E-state index contributed by atoms with van der Waals surface area (Å²) in [6.45, 7) is 0. The Balaban J connectivity index is 1.78. The molecule has 10 heteroatoms. The van der Waals surface area contributed by atoms with Crippen molar-refractivity contribution in [3.63, 3.8) is 0 Å². The van der Waals surface area contributed by atoms with Crippen LogP contribution in [0.25, 0.3) is 0 Å². The molecule has 0 N–H and O–H groups in total. The summed E-state index contributed by atoms with van der Waals surface area (Å²) in [6, 6.07) is 13.0. The quantitative estimate of drug-likeness (QED) is 0.386. The Kier molecular flexibility index (Phi) is 7.36. The SMILES string of the molecule is O=C([O][Bi]([O]C(=O)c1ccc(F)cc1)[O]C(=O)c1ccc(F)cc1)c1ccc(F)cc1. The van der Waals surface area contributed by atoms with Gasteiger partial charge in [0.1, 0.15) is 0 Å². The third kappa shape index (κ3) is 6.36. The summed E-state index contributed by atoms with van der Waals surface area (Å²) in [5, 5.41) is 0. The summed E-state index contributed by atoms with van der Waals surface area (Å²) in [4.78, 5) is 36.9. The van der Waals surface area contributed by atoms with Crippen molar-refractivity contribution in [2.75, 3.05) is 0 Å². The molecule has 6 nitrogen and oxygen atoms in total. The maximum atomic E-state index is 13.1. The zero-order chi connectivity index (χ0) is 22.4. The van der Waals surface area contributed by atoms with Crippen LogP contribution in [0.1, 0.15) is 31.1 Å². The van der Waals surface area contributed by atoms with E-state index in [1.807, 2.05) is 0 Å². The molecule has 3 aromatic carbocycles. The monoisotopic (exact) mass is 626 g/mol. The van der Waals surface area contributed by atoms with Gasteiger partial charge in [0.25, 0.3) is 0 Å². The molecular weight excluding hydrogens is 614 g/mol. The van der Waals surface area contributed by atoms with E-state index in [0.717, 1.165) is 72.8 Å². The van der Waals surface area contributed by atoms with Crippen LogP contribution in [0.15, 0.2) is 72.8 Å². The Hall–Kier alpha value is -3.26. The first kappa shape index (κ1) is 22.4. The van der Waals surface area contributed by atoms with Crippen molar-refractivity contribution < 1.29 is 36.0 Å². The molecule has 0 heterocycles. The summed E-state index contributed by atoms with van der Waals surface area (Å²) in [5.74, 6) is -4.71. The van der Waals surface area contributed by atoms with Crippen molar-refractivity contribution in [2.24, 2.45) is 0 Å². The fourth-order valence-corrected chi connectivity index (χ4v) is 5.42. The molecule has 3 aromatic rings. The molecule has 3 rings (SSSR count). The molecule has 0 atom stereocenters. The Labute approximate surface area is 183 Å². The van der Waals surface area contributed by atoms with Gasteiger partial charge in [-0.1, -0.05) is 0 Å². The molecule has 0 amide bonds. The van der Waals surface area contributed by atoms with E-state index in [1.165, 1.54) is 0 Å². The van der Waals surface area contributed by atoms with Crippen LogP contribution in [0.3, 0.4) is 0 Å². The maximum absolute atomic E-state index is 13.1. The molecule has 31 heavy (non-hydrogen) atoms. The van der Waals surface area contributed by atoms with Gasteiger partial charge in [0.05, 0.1) is 0 Å². The Morgan fingerprint density at radius 1 is 0.484 bits per heavy atom. The average Bonchev–Trinajstić information content (AvgIpc) is 2.75. The van der Waals surface area contributed by atoms with E-state index in [9.17, 15) is 27.6 Å². The van der Waals surface area contributed by atoms with Gasteiger partial charge < -0.3 is 0 Å². The second kappa shape index (κ2) is 10.2. The Morgan fingerprint density at radius 3 is 0.935 bits per heavy atom. The number of halogens is 3. The van der Waals surface area contributed by atoms with Crippen LogP contribution in [-0.4, -0.2) is 41.0 Å². The number of carbonyl (C=O) groups is 3. The van der Waals surface area contributed by atoms with Crippen LogP contribution in [-0.2, 0) is 8.44 Å². The minimum absolute atomic E-state index is 0.0583. The van der Waals surface area contributed by atoms with Gasteiger partial charge in [-0.15, -0.1) is 0 Å². The third-order valence-corrected chi connectivity index (χ3v) is 7.38. The van der Waals surface area contributed by atoms with Gasteiger partial charge in [-0.05, 0) is 0 Å². The summed E-state index contributed by atoms with van der Waals surface area (Å²) < 4.78 is 54.5. The fourth-order valence-electron chi connectivity index (χ4n) is 2.18. The van der Waals surface area contributed by atoms with E-state index in [1.54, 1.807) is 0 Å². The summed E-state index contributed by atoms with van der Waals surface area (Å²) >= 11 is -4.55. The van der Waals surface area contributed by atoms with Gasteiger partial charge in [0, 0.05) is 0 Å². The van der Waals surface area contributed by atoms with E-state index in [2.05, 4.69) is 0 Å². The molecule has 0 unspecified atom stereocenters. The second-order valence-corrected chi connectivity index (χ2v) is 9.75. The zero-order valence-corrected chi connectivity index (χ0v) is 18.9. The Bertz CT molecular complexity index is 944. The molecule has 0 aliphatic carbocycles. The predicted octanol–water partition coefficient (Wildman–Crippen LogP) is 3.96. The first-order valence-corrected chi connectivity index (χ1v) is 12.8. The van der Waals surface area contributed by atoms with Gasteiger partial charge in [-0.3, -0.25) is 0 Å². The van der Waals surface area contributed by atoms with Crippen molar-refractivity contribution in [1.82, 2.24) is 0 Å². The number of rotatable bonds is 6. The van der Waals surface area contributed by atoms with Gasteiger partial charge in [0.2, 0.25) is 0 Å². The van der Waals surface area contributed by atoms with Crippen LogP contribution in [0, 0.1) is 17.5 Å². The number of hydrogen-bond acceptors (Lipinski definition) is 6. The standard InChI is InChI=1S/3C7H5FO2.Bi/c3*8-6-3-1-5(2-4-6)7(9)10;/h3*1-4H,(H,9,10);/q;;;+3/p-3. The van der Waals surface area contributed by atoms with Gasteiger partial charge >= 0.3 is 184 Å². The molecule has 0 spiro atoms. The summed E-state index contributed by atoms with van der Waals surface area (Å²) in [7, 11) is 0. The molecule has 0 saturated heterocycles. The van der Waals surface area contributed by atoms with E-state index in [4.69, 9.17) is 8.44 Å². The summed E-state index contributed by atoms with van der Waals surface area (Å²) in [5.41, 5.74) is -0.175. The molecule has 158 valence electrons. The van der Waals surface area contributed by atoms with E-state index >= 15 is 0 Å². The minimum atomic E-state index is -4.55. The number of carbonyl (C=O) groups excluding carboxylic acids is 3. The topological polar surface area (TPSA) is 78.9 Å². The van der Waals surface area contributed by atoms with Gasteiger partial charge in [-0.2, -0.15) is 0 Å².